The number of alkyl halides is 6. The zero-order valence-corrected chi connectivity index (χ0v) is 46.3. The van der Waals surface area contributed by atoms with Crippen molar-refractivity contribution in [2.24, 2.45) is 21.7 Å². The molecule has 61 heavy (non-hydrogen) atoms. The summed E-state index contributed by atoms with van der Waals surface area (Å²) in [5.74, 6) is -2.52. The summed E-state index contributed by atoms with van der Waals surface area (Å²) in [5, 5.41) is 0.332. The Labute approximate surface area is 383 Å². The Morgan fingerprint density at radius 3 is 0.885 bits per heavy atom. The molecule has 0 N–H and O–H groups in total. The Bertz CT molecular complexity index is 1030. The summed E-state index contributed by atoms with van der Waals surface area (Å²) < 4.78 is 55.4. The number of hydrogen-bond donors (Lipinski definition) is 0. The van der Waals surface area contributed by atoms with Gasteiger partial charge in [0.15, 0.2) is 0 Å². The van der Waals surface area contributed by atoms with Crippen molar-refractivity contribution in [1.29, 1.82) is 0 Å². The molecule has 5 atom stereocenters. The molecule has 4 saturated heterocycles. The van der Waals surface area contributed by atoms with Gasteiger partial charge in [-0.1, -0.05) is 83.1 Å². The molecule has 0 aliphatic carbocycles. The fraction of sp³-hybridized carbons (Fsp3) is 1.00. The van der Waals surface area contributed by atoms with Crippen molar-refractivity contribution in [2.75, 3.05) is 47.7 Å². The van der Waals surface area contributed by atoms with Crippen molar-refractivity contribution in [1.82, 2.24) is 19.6 Å². The van der Waals surface area contributed by atoms with Crippen LogP contribution < -0.4 is 0 Å². The third kappa shape index (κ3) is 22.7. The molecule has 10 heteroatoms. The first-order chi connectivity index (χ1) is 27.0. The third-order valence-electron chi connectivity index (χ3n) is 12.5. The van der Waals surface area contributed by atoms with E-state index >= 15 is 0 Å². The summed E-state index contributed by atoms with van der Waals surface area (Å²) in [6, 6.07) is 2.12. The molecular formula is C51H106ClF5N4. The quantitative estimate of drug-likeness (QED) is 0.177. The van der Waals surface area contributed by atoms with E-state index in [0.717, 1.165) is 25.0 Å². The summed E-state index contributed by atoms with van der Waals surface area (Å²) in [4.78, 5) is 9.86. The van der Waals surface area contributed by atoms with Crippen LogP contribution >= 0.6 is 11.6 Å². The summed E-state index contributed by atoms with van der Waals surface area (Å²) in [6.45, 7) is 57.6. The van der Waals surface area contributed by atoms with Crippen LogP contribution in [-0.4, -0.2) is 125 Å². The monoisotopic (exact) mass is 905 g/mol. The molecule has 4 heterocycles. The molecule has 4 nitrogen and oxygen atoms in total. The fourth-order valence-electron chi connectivity index (χ4n) is 9.58. The second-order valence-electron chi connectivity index (χ2n) is 26.1. The predicted molar refractivity (Wildman–Crippen MR) is 262 cm³/mol. The molecule has 4 aliphatic rings. The second-order valence-corrected chi connectivity index (χ2v) is 26.7. The Hall–Kier alpha value is -0.220. The fourth-order valence-corrected chi connectivity index (χ4v) is 9.90. The van der Waals surface area contributed by atoms with Crippen LogP contribution in [0.15, 0.2) is 0 Å². The largest absolute Gasteiger partial charge is 0.295 e. The van der Waals surface area contributed by atoms with Gasteiger partial charge < -0.3 is 0 Å². The highest BCUT2D eigenvalue weighted by molar-refractivity contribution is 6.21. The molecule has 0 amide bonds. The van der Waals surface area contributed by atoms with Crippen molar-refractivity contribution in [2.45, 2.75) is 262 Å². The van der Waals surface area contributed by atoms with Crippen molar-refractivity contribution >= 4 is 11.6 Å². The summed E-state index contributed by atoms with van der Waals surface area (Å²) in [7, 11) is 1.50. The molecule has 0 radical (unpaired) electrons. The normalized spacial score (nSPS) is 25.8. The lowest BCUT2D eigenvalue weighted by Crippen LogP contribution is -2.49. The SMILES string of the molecule is CC(C)(C)C1CC(Cl)CN1C(C)(C)C.CC(C)(C)C1CC(F)(F)CN1C(C)(C)C.CC(C)(C)C1CCCN1C(C)(C)C.CC(C)(C)C1CCCN1C(C)(C)C.CF.CF.CF. The second kappa shape index (κ2) is 25.1. The molecule has 4 rings (SSSR count). The maximum absolute atomic E-state index is 13.5. The zero-order chi connectivity index (χ0) is 49.8. The van der Waals surface area contributed by atoms with E-state index in [0.29, 0.717) is 60.3 Å². The summed E-state index contributed by atoms with van der Waals surface area (Å²) >= 11 is 6.27. The van der Waals surface area contributed by atoms with E-state index < -0.39 is 5.92 Å². The zero-order valence-electron chi connectivity index (χ0n) is 45.5. The molecule has 0 aromatic heterocycles. The van der Waals surface area contributed by atoms with Gasteiger partial charge in [0.05, 0.1) is 28.1 Å². The van der Waals surface area contributed by atoms with Crippen molar-refractivity contribution in [3.63, 3.8) is 0 Å². The first-order valence-electron chi connectivity index (χ1n) is 23.2. The number of rotatable bonds is 0. The first kappa shape index (κ1) is 65.1. The molecule has 0 spiro atoms. The number of halogens is 6. The molecular weight excluding hydrogens is 799 g/mol. The van der Waals surface area contributed by atoms with E-state index in [4.69, 9.17) is 11.6 Å². The molecule has 4 aliphatic heterocycles. The van der Waals surface area contributed by atoms with Gasteiger partial charge in [-0.25, -0.2) is 8.78 Å². The van der Waals surface area contributed by atoms with Crippen LogP contribution in [0.5, 0.6) is 0 Å². The van der Waals surface area contributed by atoms with Crippen LogP contribution in [0.1, 0.15) is 205 Å². The molecule has 5 unspecified atom stereocenters. The lowest BCUT2D eigenvalue weighted by Gasteiger charge is -2.43. The minimum Gasteiger partial charge on any atom is -0.295 e. The maximum Gasteiger partial charge on any atom is 0.262 e. The van der Waals surface area contributed by atoms with Crippen LogP contribution in [0, 0.1) is 21.7 Å². The summed E-state index contributed by atoms with van der Waals surface area (Å²) in [5.41, 5.74) is 1.85. The molecule has 372 valence electrons. The van der Waals surface area contributed by atoms with Crippen LogP contribution in [0.25, 0.3) is 0 Å². The lowest BCUT2D eigenvalue weighted by molar-refractivity contribution is 0.000560. The first-order valence-corrected chi connectivity index (χ1v) is 23.7. The maximum atomic E-state index is 13.5. The Morgan fingerprint density at radius 2 is 0.689 bits per heavy atom. The van der Waals surface area contributed by atoms with Crippen molar-refractivity contribution in [3.8, 4) is 0 Å². The van der Waals surface area contributed by atoms with Gasteiger partial charge in [0.1, 0.15) is 0 Å². The highest BCUT2D eigenvalue weighted by Crippen LogP contribution is 2.44. The van der Waals surface area contributed by atoms with Crippen molar-refractivity contribution < 1.29 is 22.0 Å². The third-order valence-corrected chi connectivity index (χ3v) is 12.8. The van der Waals surface area contributed by atoms with Crippen LogP contribution in [0.3, 0.4) is 0 Å². The van der Waals surface area contributed by atoms with Gasteiger partial charge in [0.25, 0.3) is 5.92 Å². The minimum absolute atomic E-state index is 0.00618. The molecule has 0 saturated carbocycles. The van der Waals surface area contributed by atoms with E-state index in [-0.39, 0.29) is 35.5 Å². The van der Waals surface area contributed by atoms with E-state index in [9.17, 15) is 22.0 Å². The summed E-state index contributed by atoms with van der Waals surface area (Å²) in [6.07, 6.45) is 6.62. The Morgan fingerprint density at radius 1 is 0.410 bits per heavy atom. The van der Waals surface area contributed by atoms with E-state index in [1.807, 2.05) is 46.4 Å². The van der Waals surface area contributed by atoms with Gasteiger partial charge in [-0.3, -0.25) is 32.8 Å². The molecule has 0 aromatic carbocycles. The highest BCUT2D eigenvalue weighted by atomic mass is 35.5. The topological polar surface area (TPSA) is 13.0 Å². The average molecular weight is 906 g/mol. The van der Waals surface area contributed by atoms with Crippen LogP contribution in [0.4, 0.5) is 22.0 Å². The van der Waals surface area contributed by atoms with Gasteiger partial charge >= 0.3 is 0 Å². The van der Waals surface area contributed by atoms with Gasteiger partial charge in [-0.15, -0.1) is 11.6 Å². The smallest absolute Gasteiger partial charge is 0.262 e. The van der Waals surface area contributed by atoms with Crippen molar-refractivity contribution in [3.05, 3.63) is 0 Å². The van der Waals surface area contributed by atoms with Gasteiger partial charge in [-0.2, -0.15) is 0 Å². The van der Waals surface area contributed by atoms with Crippen LogP contribution in [-0.2, 0) is 0 Å². The molecule has 0 aromatic rings. The number of nitrogens with zero attached hydrogens (tertiary/aromatic N) is 4. The Kier molecular flexibility index (Phi) is 26.7. The number of likely N-dealkylation sites (tertiary alicyclic amines) is 4. The average Bonchev–Trinajstić information content (AvgIpc) is 3.87. The molecule has 0 bridgehead atoms. The minimum atomic E-state index is -2.52. The van der Waals surface area contributed by atoms with E-state index in [1.165, 1.54) is 38.8 Å². The lowest BCUT2D eigenvalue weighted by atomic mass is 9.83. The van der Waals surface area contributed by atoms with Gasteiger partial charge in [0, 0.05) is 64.7 Å². The molecule has 4 fully saturated rings. The van der Waals surface area contributed by atoms with Gasteiger partial charge in [0.2, 0.25) is 0 Å². The van der Waals surface area contributed by atoms with Crippen LogP contribution in [0.2, 0.25) is 0 Å². The van der Waals surface area contributed by atoms with E-state index in [2.05, 4.69) is 139 Å². The van der Waals surface area contributed by atoms with E-state index in [1.54, 1.807) is 0 Å². The predicted octanol–water partition coefficient (Wildman–Crippen LogP) is 15.4. The number of hydrogen-bond acceptors (Lipinski definition) is 4. The standard InChI is InChI=1S/C12H24ClN.C12H23F2N.2C12H25N.3CH3F/c1-11(2,3)10-7-9(13)8-14(10)12(4,5)6;1-10(2,3)9-7-12(13,14)8-15(9)11(4,5)6;2*1-11(2,3)10-8-7-9-13(10)12(4,5)6;3*1-2/h9-10H,7-8H2,1-6H3;9H,7-8H2,1-6H3;2*10H,7-9H2,1-6H3;3*1H3. The van der Waals surface area contributed by atoms with Gasteiger partial charge in [-0.05, 0) is 150 Å². The highest BCUT2D eigenvalue weighted by Gasteiger charge is 2.52. The Balaban J connectivity index is -0.000000706.